The van der Waals surface area contributed by atoms with Crippen LogP contribution in [0.4, 0.5) is 0 Å². The molecule has 1 aliphatic carbocycles. The summed E-state index contributed by atoms with van der Waals surface area (Å²) < 4.78 is 5.20. The molecule has 2 heteroatoms. The highest BCUT2D eigenvalue weighted by atomic mass is 16.5. The van der Waals surface area contributed by atoms with E-state index in [1.807, 2.05) is 7.11 Å². The molecule has 1 N–H and O–H groups in total. The van der Waals surface area contributed by atoms with Gasteiger partial charge in [0.15, 0.2) is 0 Å². The SMILES string of the molecule is COCC1CCC(C2CCCC2)NC1. The number of hydrogen-bond acceptors (Lipinski definition) is 2. The Kier molecular flexibility index (Phi) is 3.82. The lowest BCUT2D eigenvalue weighted by atomic mass is 9.87. The maximum atomic E-state index is 5.20. The van der Waals surface area contributed by atoms with Gasteiger partial charge in [-0.3, -0.25) is 0 Å². The van der Waals surface area contributed by atoms with Crippen LogP contribution in [0.5, 0.6) is 0 Å². The van der Waals surface area contributed by atoms with E-state index in [0.29, 0.717) is 0 Å². The van der Waals surface area contributed by atoms with Gasteiger partial charge in [-0.25, -0.2) is 0 Å². The van der Waals surface area contributed by atoms with E-state index < -0.39 is 0 Å². The summed E-state index contributed by atoms with van der Waals surface area (Å²) in [7, 11) is 1.81. The molecule has 14 heavy (non-hydrogen) atoms. The molecule has 0 bridgehead atoms. The smallest absolute Gasteiger partial charge is 0.0502 e. The minimum atomic E-state index is 0.762. The minimum absolute atomic E-state index is 0.762. The first-order valence-electron chi connectivity index (χ1n) is 6.12. The van der Waals surface area contributed by atoms with Gasteiger partial charge < -0.3 is 10.1 Å². The number of methoxy groups -OCH3 is 1. The monoisotopic (exact) mass is 197 g/mol. The van der Waals surface area contributed by atoms with Crippen molar-refractivity contribution in [3.63, 3.8) is 0 Å². The Morgan fingerprint density at radius 3 is 2.50 bits per heavy atom. The van der Waals surface area contributed by atoms with E-state index in [-0.39, 0.29) is 0 Å². The number of piperidine rings is 1. The van der Waals surface area contributed by atoms with Crippen LogP contribution in [-0.4, -0.2) is 26.3 Å². The summed E-state index contributed by atoms with van der Waals surface area (Å²) in [4.78, 5) is 0. The van der Waals surface area contributed by atoms with Crippen molar-refractivity contribution in [1.82, 2.24) is 5.32 Å². The predicted molar refractivity (Wildman–Crippen MR) is 58.3 cm³/mol. The van der Waals surface area contributed by atoms with E-state index in [2.05, 4.69) is 5.32 Å². The average Bonchev–Trinajstić information content (AvgIpc) is 2.72. The molecule has 2 fully saturated rings. The molecule has 2 nitrogen and oxygen atoms in total. The van der Waals surface area contributed by atoms with Crippen LogP contribution in [0.2, 0.25) is 0 Å². The maximum Gasteiger partial charge on any atom is 0.0502 e. The summed E-state index contributed by atoms with van der Waals surface area (Å²) in [6.45, 7) is 2.11. The second-order valence-corrected chi connectivity index (χ2v) is 4.96. The Balaban J connectivity index is 1.72. The van der Waals surface area contributed by atoms with Gasteiger partial charge in [0.1, 0.15) is 0 Å². The molecule has 0 radical (unpaired) electrons. The van der Waals surface area contributed by atoms with Gasteiger partial charge in [0.2, 0.25) is 0 Å². The van der Waals surface area contributed by atoms with E-state index in [1.54, 1.807) is 0 Å². The standard InChI is InChI=1S/C12H23NO/c1-14-9-10-6-7-12(13-8-10)11-4-2-3-5-11/h10-13H,2-9H2,1H3. The summed E-state index contributed by atoms with van der Waals surface area (Å²) in [6.07, 6.45) is 8.59. The molecule has 2 atom stereocenters. The van der Waals surface area contributed by atoms with Crippen molar-refractivity contribution in [2.24, 2.45) is 11.8 Å². The predicted octanol–water partition coefficient (Wildman–Crippen LogP) is 2.19. The van der Waals surface area contributed by atoms with Crippen molar-refractivity contribution in [1.29, 1.82) is 0 Å². The second kappa shape index (κ2) is 5.13. The normalized spacial score (nSPS) is 34.9. The van der Waals surface area contributed by atoms with Crippen molar-refractivity contribution in [3.05, 3.63) is 0 Å². The van der Waals surface area contributed by atoms with Crippen LogP contribution in [0.15, 0.2) is 0 Å². The lowest BCUT2D eigenvalue weighted by Gasteiger charge is -2.33. The van der Waals surface area contributed by atoms with Crippen LogP contribution >= 0.6 is 0 Å². The van der Waals surface area contributed by atoms with Crippen molar-refractivity contribution < 1.29 is 4.74 Å². The van der Waals surface area contributed by atoms with Crippen LogP contribution in [0.1, 0.15) is 38.5 Å². The third-order valence-electron chi connectivity index (χ3n) is 3.93. The van der Waals surface area contributed by atoms with Crippen LogP contribution in [0.25, 0.3) is 0 Å². The summed E-state index contributed by atoms with van der Waals surface area (Å²) >= 11 is 0. The fraction of sp³-hybridized carbons (Fsp3) is 1.00. The highest BCUT2D eigenvalue weighted by molar-refractivity contribution is 4.85. The Hall–Kier alpha value is -0.0800. The van der Waals surface area contributed by atoms with Gasteiger partial charge in [0.25, 0.3) is 0 Å². The van der Waals surface area contributed by atoms with Crippen LogP contribution in [-0.2, 0) is 4.74 Å². The fourth-order valence-corrected chi connectivity index (χ4v) is 3.08. The molecule has 2 aliphatic rings. The number of hydrogen-bond donors (Lipinski definition) is 1. The van der Waals surface area contributed by atoms with Crippen LogP contribution < -0.4 is 5.32 Å². The molecule has 0 amide bonds. The lowest BCUT2D eigenvalue weighted by molar-refractivity contribution is 0.121. The Bertz CT molecular complexity index is 158. The molecule has 1 aliphatic heterocycles. The molecule has 2 rings (SSSR count). The first-order chi connectivity index (χ1) is 6.90. The molecular weight excluding hydrogens is 174 g/mol. The lowest BCUT2D eigenvalue weighted by Crippen LogP contribution is -2.43. The van der Waals surface area contributed by atoms with E-state index in [0.717, 1.165) is 24.5 Å². The van der Waals surface area contributed by atoms with Gasteiger partial charge in [0.05, 0.1) is 6.61 Å². The molecule has 1 saturated heterocycles. The Labute approximate surface area is 87.4 Å². The Morgan fingerprint density at radius 2 is 1.93 bits per heavy atom. The van der Waals surface area contributed by atoms with Crippen molar-refractivity contribution in [2.45, 2.75) is 44.6 Å². The van der Waals surface area contributed by atoms with E-state index in [4.69, 9.17) is 4.74 Å². The number of nitrogens with one attached hydrogen (secondary N) is 1. The van der Waals surface area contributed by atoms with Crippen molar-refractivity contribution in [3.8, 4) is 0 Å². The third kappa shape index (κ3) is 2.48. The van der Waals surface area contributed by atoms with E-state index >= 15 is 0 Å². The first kappa shape index (κ1) is 10.4. The molecule has 0 aromatic carbocycles. The molecule has 0 aromatic rings. The molecule has 0 spiro atoms. The van der Waals surface area contributed by atoms with E-state index in [1.165, 1.54) is 45.1 Å². The van der Waals surface area contributed by atoms with Crippen LogP contribution in [0.3, 0.4) is 0 Å². The first-order valence-corrected chi connectivity index (χ1v) is 6.12. The molecule has 82 valence electrons. The van der Waals surface area contributed by atoms with E-state index in [9.17, 15) is 0 Å². The minimum Gasteiger partial charge on any atom is -0.384 e. The van der Waals surface area contributed by atoms with Gasteiger partial charge in [-0.05, 0) is 37.5 Å². The molecule has 2 unspecified atom stereocenters. The van der Waals surface area contributed by atoms with Gasteiger partial charge in [-0.15, -0.1) is 0 Å². The van der Waals surface area contributed by atoms with Crippen molar-refractivity contribution >= 4 is 0 Å². The van der Waals surface area contributed by atoms with Gasteiger partial charge in [-0.1, -0.05) is 12.8 Å². The second-order valence-electron chi connectivity index (χ2n) is 4.96. The molecule has 0 aromatic heterocycles. The summed E-state index contributed by atoms with van der Waals surface area (Å²) in [5.41, 5.74) is 0. The average molecular weight is 197 g/mol. The zero-order valence-corrected chi connectivity index (χ0v) is 9.30. The van der Waals surface area contributed by atoms with Gasteiger partial charge in [0, 0.05) is 19.7 Å². The third-order valence-corrected chi connectivity index (χ3v) is 3.93. The quantitative estimate of drug-likeness (QED) is 0.749. The molecular formula is C12H23NO. The maximum absolute atomic E-state index is 5.20. The molecule has 1 saturated carbocycles. The zero-order valence-electron chi connectivity index (χ0n) is 9.30. The largest absolute Gasteiger partial charge is 0.384 e. The van der Waals surface area contributed by atoms with Crippen molar-refractivity contribution in [2.75, 3.05) is 20.3 Å². The molecule has 1 heterocycles. The number of rotatable bonds is 3. The summed E-state index contributed by atoms with van der Waals surface area (Å²) in [5, 5.41) is 3.72. The highest BCUT2D eigenvalue weighted by Gasteiger charge is 2.28. The van der Waals surface area contributed by atoms with Gasteiger partial charge >= 0.3 is 0 Å². The highest BCUT2D eigenvalue weighted by Crippen LogP contribution is 2.31. The Morgan fingerprint density at radius 1 is 1.14 bits per heavy atom. The fourth-order valence-electron chi connectivity index (χ4n) is 3.08. The topological polar surface area (TPSA) is 21.3 Å². The summed E-state index contributed by atoms with van der Waals surface area (Å²) in [6, 6.07) is 0.825. The van der Waals surface area contributed by atoms with Gasteiger partial charge in [-0.2, -0.15) is 0 Å². The summed E-state index contributed by atoms with van der Waals surface area (Å²) in [5.74, 6) is 1.75. The number of ether oxygens (including phenoxy) is 1. The van der Waals surface area contributed by atoms with Crippen LogP contribution in [0, 0.1) is 11.8 Å². The zero-order chi connectivity index (χ0) is 9.80.